The van der Waals surface area contributed by atoms with Gasteiger partial charge in [-0.2, -0.15) is 0 Å². The molecule has 106 valence electrons. The average Bonchev–Trinajstić information content (AvgIpc) is 2.17. The van der Waals surface area contributed by atoms with Crippen molar-refractivity contribution >= 4 is 11.4 Å². The van der Waals surface area contributed by atoms with Gasteiger partial charge >= 0.3 is 0 Å². The first-order valence-electron chi connectivity index (χ1n) is 6.99. The lowest BCUT2D eigenvalue weighted by atomic mass is 9.63. The van der Waals surface area contributed by atoms with Gasteiger partial charge in [0.2, 0.25) is 0 Å². The van der Waals surface area contributed by atoms with Gasteiger partial charge in [0, 0.05) is 6.04 Å². The van der Waals surface area contributed by atoms with E-state index in [1.165, 1.54) is 18.6 Å². The van der Waals surface area contributed by atoms with Crippen LogP contribution in [-0.2, 0) is 0 Å². The van der Waals surface area contributed by atoms with Crippen LogP contribution in [0.2, 0.25) is 0 Å². The SMILES string of the molecule is CC1(C)CC(Nc2ccc(F)cc2N)CC(C)(C)C1. The number of nitrogens with one attached hydrogen (secondary N) is 1. The number of halogens is 1. The zero-order valence-corrected chi connectivity index (χ0v) is 12.4. The Morgan fingerprint density at radius 3 is 2.26 bits per heavy atom. The van der Waals surface area contributed by atoms with Gasteiger partial charge in [0.1, 0.15) is 5.82 Å². The standard InChI is InChI=1S/C16H25FN2/c1-15(2)8-12(9-16(3,4)10-15)19-14-6-5-11(17)7-13(14)18/h5-7,12,19H,8-10,18H2,1-4H3. The van der Waals surface area contributed by atoms with E-state index >= 15 is 0 Å². The number of hydrogen-bond acceptors (Lipinski definition) is 2. The van der Waals surface area contributed by atoms with Crippen molar-refractivity contribution in [2.24, 2.45) is 10.8 Å². The molecule has 19 heavy (non-hydrogen) atoms. The second-order valence-corrected chi connectivity index (χ2v) is 7.49. The van der Waals surface area contributed by atoms with Gasteiger partial charge < -0.3 is 11.1 Å². The molecule has 0 unspecified atom stereocenters. The summed E-state index contributed by atoms with van der Waals surface area (Å²) in [5.41, 5.74) is 7.86. The average molecular weight is 264 g/mol. The molecule has 1 aliphatic rings. The van der Waals surface area contributed by atoms with Gasteiger partial charge in [-0.3, -0.25) is 0 Å². The molecule has 3 N–H and O–H groups in total. The molecule has 1 saturated carbocycles. The van der Waals surface area contributed by atoms with E-state index in [1.54, 1.807) is 6.07 Å². The van der Waals surface area contributed by atoms with Crippen molar-refractivity contribution in [2.45, 2.75) is 53.0 Å². The van der Waals surface area contributed by atoms with E-state index in [2.05, 4.69) is 33.0 Å². The van der Waals surface area contributed by atoms with Gasteiger partial charge in [-0.25, -0.2) is 4.39 Å². The fourth-order valence-electron chi connectivity index (χ4n) is 3.83. The van der Waals surface area contributed by atoms with E-state index in [9.17, 15) is 4.39 Å². The number of anilines is 2. The fourth-order valence-corrected chi connectivity index (χ4v) is 3.83. The summed E-state index contributed by atoms with van der Waals surface area (Å²) in [6, 6.07) is 4.96. The van der Waals surface area contributed by atoms with Crippen LogP contribution in [0, 0.1) is 16.6 Å². The fraction of sp³-hybridized carbons (Fsp3) is 0.625. The van der Waals surface area contributed by atoms with Crippen molar-refractivity contribution < 1.29 is 4.39 Å². The van der Waals surface area contributed by atoms with Crippen molar-refractivity contribution in [2.75, 3.05) is 11.1 Å². The second-order valence-electron chi connectivity index (χ2n) is 7.49. The summed E-state index contributed by atoms with van der Waals surface area (Å²) >= 11 is 0. The predicted molar refractivity (Wildman–Crippen MR) is 79.6 cm³/mol. The first-order valence-corrected chi connectivity index (χ1v) is 6.99. The number of nitrogen functional groups attached to an aromatic ring is 1. The third-order valence-electron chi connectivity index (χ3n) is 3.93. The topological polar surface area (TPSA) is 38.0 Å². The zero-order valence-electron chi connectivity index (χ0n) is 12.4. The van der Waals surface area contributed by atoms with Crippen LogP contribution in [0.5, 0.6) is 0 Å². The summed E-state index contributed by atoms with van der Waals surface area (Å²) in [6.07, 6.45) is 3.47. The van der Waals surface area contributed by atoms with Crippen LogP contribution < -0.4 is 11.1 Å². The second kappa shape index (κ2) is 4.69. The molecule has 1 aromatic carbocycles. The molecular weight excluding hydrogens is 239 g/mol. The van der Waals surface area contributed by atoms with Crippen LogP contribution in [0.1, 0.15) is 47.0 Å². The van der Waals surface area contributed by atoms with Crippen molar-refractivity contribution in [3.8, 4) is 0 Å². The lowest BCUT2D eigenvalue weighted by molar-refractivity contribution is 0.105. The van der Waals surface area contributed by atoms with Gasteiger partial charge in [-0.15, -0.1) is 0 Å². The molecule has 0 aliphatic heterocycles. The lowest BCUT2D eigenvalue weighted by Crippen LogP contribution is -2.40. The maximum Gasteiger partial charge on any atom is 0.125 e. The predicted octanol–water partition coefficient (Wildman–Crippen LogP) is 4.42. The van der Waals surface area contributed by atoms with Gasteiger partial charge in [0.15, 0.2) is 0 Å². The molecule has 1 fully saturated rings. The molecule has 3 heteroatoms. The molecular formula is C16H25FN2. The number of rotatable bonds is 2. The van der Waals surface area contributed by atoms with Gasteiger partial charge in [-0.1, -0.05) is 27.7 Å². The van der Waals surface area contributed by atoms with E-state index in [-0.39, 0.29) is 5.82 Å². The van der Waals surface area contributed by atoms with E-state index in [0.717, 1.165) is 18.5 Å². The highest BCUT2D eigenvalue weighted by Gasteiger charge is 2.38. The Morgan fingerprint density at radius 2 is 1.74 bits per heavy atom. The summed E-state index contributed by atoms with van der Waals surface area (Å²) in [5, 5.41) is 3.50. The zero-order chi connectivity index (χ0) is 14.3. The Morgan fingerprint density at radius 1 is 1.16 bits per heavy atom. The molecule has 0 heterocycles. The molecule has 2 rings (SSSR count). The van der Waals surface area contributed by atoms with Crippen LogP contribution in [0.4, 0.5) is 15.8 Å². The Balaban J connectivity index is 2.14. The summed E-state index contributed by atoms with van der Waals surface area (Å²) in [6.45, 7) is 9.26. The normalized spacial score (nSPS) is 22.2. The molecule has 0 spiro atoms. The van der Waals surface area contributed by atoms with Crippen molar-refractivity contribution in [1.29, 1.82) is 0 Å². The Labute approximate surface area is 115 Å². The maximum absolute atomic E-state index is 13.1. The molecule has 0 aromatic heterocycles. The van der Waals surface area contributed by atoms with Crippen LogP contribution in [-0.4, -0.2) is 6.04 Å². The highest BCUT2D eigenvalue weighted by Crippen LogP contribution is 2.46. The molecule has 1 aliphatic carbocycles. The number of benzene rings is 1. The van der Waals surface area contributed by atoms with Gasteiger partial charge in [-0.05, 0) is 48.3 Å². The minimum absolute atomic E-state index is 0.285. The Bertz CT molecular complexity index is 450. The maximum atomic E-state index is 13.1. The number of nitrogens with two attached hydrogens (primary N) is 1. The first kappa shape index (κ1) is 14.2. The summed E-state index contributed by atoms with van der Waals surface area (Å²) in [7, 11) is 0. The van der Waals surface area contributed by atoms with Crippen molar-refractivity contribution in [3.63, 3.8) is 0 Å². The Hall–Kier alpha value is -1.25. The highest BCUT2D eigenvalue weighted by molar-refractivity contribution is 5.66. The summed E-state index contributed by atoms with van der Waals surface area (Å²) in [5.74, 6) is -0.285. The summed E-state index contributed by atoms with van der Waals surface area (Å²) < 4.78 is 13.1. The van der Waals surface area contributed by atoms with Crippen LogP contribution >= 0.6 is 0 Å². The largest absolute Gasteiger partial charge is 0.397 e. The quantitative estimate of drug-likeness (QED) is 0.776. The van der Waals surface area contributed by atoms with Crippen LogP contribution in [0.3, 0.4) is 0 Å². The van der Waals surface area contributed by atoms with E-state index in [4.69, 9.17) is 5.73 Å². The van der Waals surface area contributed by atoms with Crippen molar-refractivity contribution in [3.05, 3.63) is 24.0 Å². The third-order valence-corrected chi connectivity index (χ3v) is 3.93. The van der Waals surface area contributed by atoms with Gasteiger partial charge in [0.25, 0.3) is 0 Å². The molecule has 0 radical (unpaired) electrons. The smallest absolute Gasteiger partial charge is 0.125 e. The molecule has 0 amide bonds. The van der Waals surface area contributed by atoms with Crippen LogP contribution in [0.15, 0.2) is 18.2 Å². The molecule has 0 atom stereocenters. The Kier molecular flexibility index (Phi) is 3.50. The van der Waals surface area contributed by atoms with E-state index in [0.29, 0.717) is 22.6 Å². The van der Waals surface area contributed by atoms with Crippen molar-refractivity contribution in [1.82, 2.24) is 0 Å². The molecule has 2 nitrogen and oxygen atoms in total. The monoisotopic (exact) mass is 264 g/mol. The number of hydrogen-bond donors (Lipinski definition) is 2. The first-order chi connectivity index (χ1) is 8.67. The molecule has 0 saturated heterocycles. The summed E-state index contributed by atoms with van der Waals surface area (Å²) in [4.78, 5) is 0. The van der Waals surface area contributed by atoms with E-state index in [1.807, 2.05) is 0 Å². The highest BCUT2D eigenvalue weighted by atomic mass is 19.1. The van der Waals surface area contributed by atoms with Crippen LogP contribution in [0.25, 0.3) is 0 Å². The lowest BCUT2D eigenvalue weighted by Gasteiger charge is -2.45. The molecule has 1 aromatic rings. The van der Waals surface area contributed by atoms with E-state index < -0.39 is 0 Å². The van der Waals surface area contributed by atoms with Gasteiger partial charge in [0.05, 0.1) is 11.4 Å². The minimum Gasteiger partial charge on any atom is -0.397 e. The third kappa shape index (κ3) is 3.62. The minimum atomic E-state index is -0.285. The molecule has 0 bridgehead atoms.